The van der Waals surface area contributed by atoms with Crippen molar-refractivity contribution in [3.8, 4) is 0 Å². The third kappa shape index (κ3) is 4.83. The molecule has 1 amide bonds. The molecule has 2 aliphatic rings. The van der Waals surface area contributed by atoms with Gasteiger partial charge in [0.05, 0.1) is 18.0 Å². The number of hydrogen-bond donors (Lipinski definition) is 1. The van der Waals surface area contributed by atoms with E-state index in [1.54, 1.807) is 12.3 Å². The molecule has 1 saturated carbocycles. The molecule has 1 aliphatic carbocycles. The lowest BCUT2D eigenvalue weighted by atomic mass is 9.80. The lowest BCUT2D eigenvalue weighted by molar-refractivity contribution is -0.143. The fourth-order valence-corrected chi connectivity index (χ4v) is 5.66. The smallest absolute Gasteiger partial charge is 0.416 e. The molecule has 0 radical (unpaired) electrons. The third-order valence-electron chi connectivity index (χ3n) is 7.62. The Kier molecular flexibility index (Phi) is 6.49. The number of aliphatic carboxylic acids is 1. The molecule has 190 valence electrons. The van der Waals surface area contributed by atoms with E-state index in [-0.39, 0.29) is 24.3 Å². The zero-order chi connectivity index (χ0) is 25.4. The number of carbonyl (C=O) groups is 2. The van der Waals surface area contributed by atoms with E-state index in [9.17, 15) is 27.9 Å². The van der Waals surface area contributed by atoms with E-state index in [0.29, 0.717) is 50.0 Å². The maximum Gasteiger partial charge on any atom is 0.416 e. The predicted octanol–water partition coefficient (Wildman–Crippen LogP) is 5.27. The number of nitrogens with zero attached hydrogens (tertiary/aromatic N) is 3. The van der Waals surface area contributed by atoms with Gasteiger partial charge in [0.25, 0.3) is 0 Å². The first-order valence-corrected chi connectivity index (χ1v) is 12.3. The van der Waals surface area contributed by atoms with Gasteiger partial charge in [-0.15, -0.1) is 0 Å². The molecule has 36 heavy (non-hydrogen) atoms. The first kappa shape index (κ1) is 24.3. The fraction of sp³-hybridized carbons (Fsp3) is 0.444. The number of amides is 1. The van der Waals surface area contributed by atoms with Gasteiger partial charge >= 0.3 is 12.1 Å². The Labute approximate surface area is 206 Å². The number of aromatic nitrogens is 2. The van der Waals surface area contributed by atoms with E-state index in [2.05, 4.69) is 4.98 Å². The molecule has 0 unspecified atom stereocenters. The van der Waals surface area contributed by atoms with Crippen LogP contribution in [0.5, 0.6) is 0 Å². The van der Waals surface area contributed by atoms with Crippen LogP contribution >= 0.6 is 0 Å². The summed E-state index contributed by atoms with van der Waals surface area (Å²) in [4.78, 5) is 30.8. The lowest BCUT2D eigenvalue weighted by Crippen LogP contribution is -2.38. The van der Waals surface area contributed by atoms with Crippen LogP contribution < -0.4 is 0 Å². The van der Waals surface area contributed by atoms with Crippen molar-refractivity contribution in [2.24, 2.45) is 11.8 Å². The number of rotatable bonds is 5. The zero-order valence-corrected chi connectivity index (χ0v) is 19.8. The molecule has 9 heteroatoms. The second-order valence-electron chi connectivity index (χ2n) is 9.91. The molecule has 5 rings (SSSR count). The van der Waals surface area contributed by atoms with Gasteiger partial charge in [0.2, 0.25) is 5.91 Å². The van der Waals surface area contributed by atoms with Gasteiger partial charge in [-0.1, -0.05) is 12.1 Å². The highest BCUT2D eigenvalue weighted by molar-refractivity contribution is 5.84. The summed E-state index contributed by atoms with van der Waals surface area (Å²) in [6.07, 6.45) is 0.996. The SMILES string of the molecule is O=C(O)C1CCC(CC(=O)N2CCc3c(n(Cc4cccc(C(F)(F)F)c4)c4ncccc34)C2)CC1. The molecule has 0 atom stereocenters. The van der Waals surface area contributed by atoms with Gasteiger partial charge in [0.1, 0.15) is 5.65 Å². The van der Waals surface area contributed by atoms with Crippen LogP contribution in [0, 0.1) is 11.8 Å². The summed E-state index contributed by atoms with van der Waals surface area (Å²) in [6, 6.07) is 9.15. The van der Waals surface area contributed by atoms with E-state index >= 15 is 0 Å². The van der Waals surface area contributed by atoms with Gasteiger partial charge in [-0.2, -0.15) is 13.2 Å². The van der Waals surface area contributed by atoms with Crippen LogP contribution in [-0.4, -0.2) is 38.0 Å². The average Bonchev–Trinajstić information content (AvgIpc) is 3.17. The van der Waals surface area contributed by atoms with Crippen LogP contribution in [0.3, 0.4) is 0 Å². The van der Waals surface area contributed by atoms with Crippen LogP contribution in [0.1, 0.15) is 54.5 Å². The van der Waals surface area contributed by atoms with E-state index in [1.807, 2.05) is 21.6 Å². The maximum absolute atomic E-state index is 13.3. The summed E-state index contributed by atoms with van der Waals surface area (Å²) in [6.45, 7) is 1.19. The zero-order valence-electron chi connectivity index (χ0n) is 19.8. The highest BCUT2D eigenvalue weighted by Crippen LogP contribution is 2.35. The van der Waals surface area contributed by atoms with Crippen LogP contribution in [0.2, 0.25) is 0 Å². The molecule has 1 N–H and O–H groups in total. The number of carboxylic acids is 1. The first-order chi connectivity index (χ1) is 17.2. The van der Waals surface area contributed by atoms with Crippen molar-refractivity contribution in [1.82, 2.24) is 14.5 Å². The maximum atomic E-state index is 13.3. The quantitative estimate of drug-likeness (QED) is 0.519. The van der Waals surface area contributed by atoms with E-state index < -0.39 is 17.7 Å². The molecule has 1 aliphatic heterocycles. The molecular formula is C27H28F3N3O3. The molecule has 6 nitrogen and oxygen atoms in total. The molecule has 3 aromatic rings. The van der Waals surface area contributed by atoms with Gasteiger partial charge in [0, 0.05) is 36.8 Å². The number of benzene rings is 1. The normalized spacial score (nSPS) is 20.4. The van der Waals surface area contributed by atoms with Crippen molar-refractivity contribution in [3.63, 3.8) is 0 Å². The second kappa shape index (κ2) is 9.59. The molecule has 1 aromatic carbocycles. The highest BCUT2D eigenvalue weighted by atomic mass is 19.4. The number of hydrogen-bond acceptors (Lipinski definition) is 3. The summed E-state index contributed by atoms with van der Waals surface area (Å²) in [5.41, 5.74) is 2.55. The highest BCUT2D eigenvalue weighted by Gasteiger charge is 2.32. The molecule has 1 fully saturated rings. The second-order valence-corrected chi connectivity index (χ2v) is 9.91. The van der Waals surface area contributed by atoms with Gasteiger partial charge in [-0.05, 0) is 73.4 Å². The van der Waals surface area contributed by atoms with Crippen molar-refractivity contribution in [2.45, 2.75) is 57.8 Å². The van der Waals surface area contributed by atoms with Crippen molar-refractivity contribution in [1.29, 1.82) is 0 Å². The Balaban J connectivity index is 1.37. The third-order valence-corrected chi connectivity index (χ3v) is 7.62. The van der Waals surface area contributed by atoms with E-state index in [4.69, 9.17) is 0 Å². The standard InChI is InChI=1S/C27H28F3N3O3/c28-27(29,30)20-4-1-3-18(13-20)15-33-23-16-32(12-10-21(23)22-5-2-11-31-25(22)33)24(34)14-17-6-8-19(9-7-17)26(35)36/h1-5,11,13,17,19H,6-10,12,14-16H2,(H,35,36). The number of carboxylic acid groups (broad SMARTS) is 1. The first-order valence-electron chi connectivity index (χ1n) is 12.3. The Hall–Kier alpha value is -3.36. The van der Waals surface area contributed by atoms with Crippen LogP contribution in [-0.2, 0) is 35.3 Å². The van der Waals surface area contributed by atoms with E-state index in [0.717, 1.165) is 35.6 Å². The topological polar surface area (TPSA) is 75.4 Å². The van der Waals surface area contributed by atoms with Crippen molar-refractivity contribution in [3.05, 3.63) is 65.0 Å². The minimum absolute atomic E-state index is 0.0447. The predicted molar refractivity (Wildman–Crippen MR) is 127 cm³/mol. The largest absolute Gasteiger partial charge is 0.481 e. The summed E-state index contributed by atoms with van der Waals surface area (Å²) in [5, 5.41) is 10.2. The summed E-state index contributed by atoms with van der Waals surface area (Å²) in [7, 11) is 0. The molecular weight excluding hydrogens is 471 g/mol. The fourth-order valence-electron chi connectivity index (χ4n) is 5.66. The number of alkyl halides is 3. The molecule has 0 saturated heterocycles. The van der Waals surface area contributed by atoms with Crippen LogP contribution in [0.25, 0.3) is 11.0 Å². The molecule has 0 bridgehead atoms. The Morgan fingerprint density at radius 1 is 1.08 bits per heavy atom. The monoisotopic (exact) mass is 499 g/mol. The van der Waals surface area contributed by atoms with Crippen LogP contribution in [0.4, 0.5) is 13.2 Å². The van der Waals surface area contributed by atoms with Gasteiger partial charge in [0.15, 0.2) is 0 Å². The Morgan fingerprint density at radius 3 is 2.58 bits per heavy atom. The van der Waals surface area contributed by atoms with E-state index in [1.165, 1.54) is 12.1 Å². The summed E-state index contributed by atoms with van der Waals surface area (Å²) >= 11 is 0. The number of fused-ring (bicyclic) bond motifs is 3. The van der Waals surface area contributed by atoms with Gasteiger partial charge < -0.3 is 14.6 Å². The van der Waals surface area contributed by atoms with Gasteiger partial charge in [-0.25, -0.2) is 4.98 Å². The average molecular weight is 500 g/mol. The molecule has 3 heterocycles. The number of halogens is 3. The van der Waals surface area contributed by atoms with Crippen molar-refractivity contribution < 1.29 is 27.9 Å². The Morgan fingerprint density at radius 2 is 1.86 bits per heavy atom. The van der Waals surface area contributed by atoms with Gasteiger partial charge in [-0.3, -0.25) is 9.59 Å². The Bertz CT molecular complexity index is 1290. The van der Waals surface area contributed by atoms with Crippen LogP contribution in [0.15, 0.2) is 42.6 Å². The minimum atomic E-state index is -4.42. The minimum Gasteiger partial charge on any atom is -0.481 e. The summed E-state index contributed by atoms with van der Waals surface area (Å²) < 4.78 is 41.8. The van der Waals surface area contributed by atoms with Crippen molar-refractivity contribution in [2.75, 3.05) is 6.54 Å². The molecule has 0 spiro atoms. The molecule has 2 aromatic heterocycles. The number of carbonyl (C=O) groups excluding carboxylic acids is 1. The number of pyridine rings is 1. The van der Waals surface area contributed by atoms with Crippen molar-refractivity contribution >= 4 is 22.9 Å². The summed E-state index contributed by atoms with van der Waals surface area (Å²) in [5.74, 6) is -0.839. The lowest BCUT2D eigenvalue weighted by Gasteiger charge is -2.31.